The van der Waals surface area contributed by atoms with Crippen molar-refractivity contribution in [3.05, 3.63) is 82.4 Å². The molecule has 6 nitrogen and oxygen atoms in total. The van der Waals surface area contributed by atoms with Crippen LogP contribution in [0.15, 0.2) is 66.7 Å². The minimum absolute atomic E-state index is 0.00318. The summed E-state index contributed by atoms with van der Waals surface area (Å²) in [6.07, 6.45) is 3.20. The number of rotatable bonds is 7. The van der Waals surface area contributed by atoms with E-state index in [4.69, 9.17) is 9.47 Å². The Morgan fingerprint density at radius 3 is 2.30 bits per heavy atom. The molecular formula is C21H23NO5. The number of nitro groups is 1. The van der Waals surface area contributed by atoms with Gasteiger partial charge in [-0.2, -0.15) is 0 Å². The van der Waals surface area contributed by atoms with Gasteiger partial charge < -0.3 is 9.47 Å². The Morgan fingerprint density at radius 1 is 1.11 bits per heavy atom. The molecule has 2 aromatic rings. The Hall–Kier alpha value is -3.15. The van der Waals surface area contributed by atoms with Crippen LogP contribution in [0.2, 0.25) is 0 Å². The average Bonchev–Trinajstić information content (AvgIpc) is 2.60. The normalized spacial score (nSPS) is 12.6. The second-order valence-corrected chi connectivity index (χ2v) is 6.94. The summed E-state index contributed by atoms with van der Waals surface area (Å²) in [5.74, 6) is 0.102. The van der Waals surface area contributed by atoms with Crippen LogP contribution in [0.3, 0.4) is 0 Å². The lowest BCUT2D eigenvalue weighted by Gasteiger charge is -2.19. The number of nitrogens with zero attached hydrogens (tertiary/aromatic N) is 1. The van der Waals surface area contributed by atoms with Crippen LogP contribution in [0.5, 0.6) is 5.75 Å². The van der Waals surface area contributed by atoms with Gasteiger partial charge in [-0.05, 0) is 38.5 Å². The third-order valence-corrected chi connectivity index (χ3v) is 3.51. The van der Waals surface area contributed by atoms with Crippen LogP contribution >= 0.6 is 0 Å². The molecule has 2 aromatic carbocycles. The van der Waals surface area contributed by atoms with E-state index in [1.54, 1.807) is 18.2 Å². The second kappa shape index (κ2) is 8.98. The van der Waals surface area contributed by atoms with Gasteiger partial charge in [0, 0.05) is 24.6 Å². The van der Waals surface area contributed by atoms with Crippen molar-refractivity contribution in [3.8, 4) is 5.75 Å². The lowest BCUT2D eigenvalue weighted by molar-refractivity contribution is -0.384. The fourth-order valence-corrected chi connectivity index (χ4v) is 2.35. The summed E-state index contributed by atoms with van der Waals surface area (Å²) >= 11 is 0. The van der Waals surface area contributed by atoms with Gasteiger partial charge in [-0.3, -0.25) is 10.1 Å². The van der Waals surface area contributed by atoms with Gasteiger partial charge >= 0.3 is 5.97 Å². The van der Waals surface area contributed by atoms with E-state index in [0.29, 0.717) is 12.2 Å². The van der Waals surface area contributed by atoms with Crippen LogP contribution < -0.4 is 4.74 Å². The lowest BCUT2D eigenvalue weighted by Crippen LogP contribution is -2.22. The van der Waals surface area contributed by atoms with Crippen LogP contribution in [0, 0.1) is 10.1 Å². The van der Waals surface area contributed by atoms with Crippen molar-refractivity contribution in [1.29, 1.82) is 0 Å². The molecule has 0 aliphatic carbocycles. The molecular weight excluding hydrogens is 346 g/mol. The molecule has 0 N–H and O–H groups in total. The maximum atomic E-state index is 11.8. The topological polar surface area (TPSA) is 78.7 Å². The maximum absolute atomic E-state index is 11.8. The zero-order valence-corrected chi connectivity index (χ0v) is 15.6. The van der Waals surface area contributed by atoms with Crippen molar-refractivity contribution in [1.82, 2.24) is 0 Å². The van der Waals surface area contributed by atoms with E-state index >= 15 is 0 Å². The highest BCUT2D eigenvalue weighted by molar-refractivity contribution is 5.82. The van der Waals surface area contributed by atoms with Crippen LogP contribution in [-0.2, 0) is 9.53 Å². The van der Waals surface area contributed by atoms with Gasteiger partial charge in [-0.15, -0.1) is 0 Å². The Morgan fingerprint density at radius 2 is 1.74 bits per heavy atom. The van der Waals surface area contributed by atoms with Crippen LogP contribution in [0.4, 0.5) is 5.69 Å². The van der Waals surface area contributed by atoms with Crippen LogP contribution in [0.1, 0.15) is 38.9 Å². The third-order valence-electron chi connectivity index (χ3n) is 3.51. The number of hydrogen-bond donors (Lipinski definition) is 0. The highest BCUT2D eigenvalue weighted by Gasteiger charge is 2.16. The van der Waals surface area contributed by atoms with E-state index in [1.807, 2.05) is 51.1 Å². The van der Waals surface area contributed by atoms with Gasteiger partial charge in [0.25, 0.3) is 5.69 Å². The third kappa shape index (κ3) is 6.93. The van der Waals surface area contributed by atoms with Crippen molar-refractivity contribution in [2.45, 2.75) is 38.9 Å². The molecule has 0 bridgehead atoms. The quantitative estimate of drug-likeness (QED) is 0.297. The molecule has 0 amide bonds. The number of ether oxygens (including phenoxy) is 2. The molecule has 0 radical (unpaired) electrons. The van der Waals surface area contributed by atoms with Crippen molar-refractivity contribution < 1.29 is 19.2 Å². The fraction of sp³-hybridized carbons (Fsp3) is 0.286. The SMILES string of the molecule is CC(C)(C)OC(=O)/C=C/CC(Oc1ccc([N+](=O)[O-])cc1)c1ccccc1. The predicted molar refractivity (Wildman–Crippen MR) is 103 cm³/mol. The molecule has 0 fully saturated rings. The smallest absolute Gasteiger partial charge is 0.330 e. The Labute approximate surface area is 158 Å². The summed E-state index contributed by atoms with van der Waals surface area (Å²) in [6.45, 7) is 5.43. The Kier molecular flexibility index (Phi) is 6.71. The number of carbonyl (C=O) groups is 1. The molecule has 0 saturated heterocycles. The molecule has 6 heteroatoms. The van der Waals surface area contributed by atoms with E-state index in [9.17, 15) is 14.9 Å². The number of non-ortho nitro benzene ring substituents is 1. The standard InChI is InChI=1S/C21H23NO5/c1-21(2,3)27-20(23)11-7-10-19(16-8-5-4-6-9-16)26-18-14-12-17(13-15-18)22(24)25/h4-9,11-15,19H,10H2,1-3H3/b11-7+. The molecule has 0 aliphatic rings. The van der Waals surface area contributed by atoms with E-state index < -0.39 is 16.5 Å². The average molecular weight is 369 g/mol. The minimum Gasteiger partial charge on any atom is -0.485 e. The van der Waals surface area contributed by atoms with Gasteiger partial charge in [-0.25, -0.2) is 4.79 Å². The van der Waals surface area contributed by atoms with Crippen LogP contribution in [-0.4, -0.2) is 16.5 Å². The molecule has 2 rings (SSSR count). The first-order valence-electron chi connectivity index (χ1n) is 8.60. The largest absolute Gasteiger partial charge is 0.485 e. The number of esters is 1. The van der Waals surface area contributed by atoms with Crippen molar-refractivity contribution in [2.24, 2.45) is 0 Å². The number of nitro benzene ring substituents is 1. The highest BCUT2D eigenvalue weighted by Crippen LogP contribution is 2.26. The molecule has 1 unspecified atom stereocenters. The van der Waals surface area contributed by atoms with Gasteiger partial charge in [0.15, 0.2) is 0 Å². The van der Waals surface area contributed by atoms with Crippen molar-refractivity contribution in [3.63, 3.8) is 0 Å². The van der Waals surface area contributed by atoms with Crippen LogP contribution in [0.25, 0.3) is 0 Å². The molecule has 0 aromatic heterocycles. The summed E-state index contributed by atoms with van der Waals surface area (Å²) in [5.41, 5.74) is 0.392. The van der Waals surface area contributed by atoms with Gasteiger partial charge in [-0.1, -0.05) is 36.4 Å². The molecule has 142 valence electrons. The van der Waals surface area contributed by atoms with Gasteiger partial charge in [0.2, 0.25) is 0 Å². The molecule has 27 heavy (non-hydrogen) atoms. The Bertz CT molecular complexity index is 792. The zero-order valence-electron chi connectivity index (χ0n) is 15.6. The number of hydrogen-bond acceptors (Lipinski definition) is 5. The molecule has 0 aliphatic heterocycles. The van der Waals surface area contributed by atoms with E-state index in [2.05, 4.69) is 0 Å². The van der Waals surface area contributed by atoms with Crippen molar-refractivity contribution >= 4 is 11.7 Å². The molecule has 0 heterocycles. The summed E-state index contributed by atoms with van der Waals surface area (Å²) in [7, 11) is 0. The zero-order chi connectivity index (χ0) is 19.9. The summed E-state index contributed by atoms with van der Waals surface area (Å²) in [4.78, 5) is 22.1. The summed E-state index contributed by atoms with van der Waals surface area (Å²) in [6, 6.07) is 15.5. The Balaban J connectivity index is 2.10. The first kappa shape index (κ1) is 20.2. The lowest BCUT2D eigenvalue weighted by atomic mass is 10.1. The molecule has 1 atom stereocenters. The monoisotopic (exact) mass is 369 g/mol. The van der Waals surface area contributed by atoms with E-state index in [-0.39, 0.29) is 11.8 Å². The summed E-state index contributed by atoms with van der Waals surface area (Å²) < 4.78 is 11.2. The first-order chi connectivity index (χ1) is 12.7. The van der Waals surface area contributed by atoms with E-state index in [1.165, 1.54) is 18.2 Å². The number of carbonyl (C=O) groups excluding carboxylic acids is 1. The predicted octanol–water partition coefficient (Wildman–Crippen LogP) is 5.00. The highest BCUT2D eigenvalue weighted by atomic mass is 16.6. The fourth-order valence-electron chi connectivity index (χ4n) is 2.35. The molecule has 0 spiro atoms. The summed E-state index contributed by atoms with van der Waals surface area (Å²) in [5, 5.41) is 10.8. The minimum atomic E-state index is -0.546. The van der Waals surface area contributed by atoms with E-state index in [0.717, 1.165) is 5.56 Å². The van der Waals surface area contributed by atoms with Crippen molar-refractivity contribution in [2.75, 3.05) is 0 Å². The number of benzene rings is 2. The maximum Gasteiger partial charge on any atom is 0.330 e. The van der Waals surface area contributed by atoms with Gasteiger partial charge in [0.1, 0.15) is 17.5 Å². The van der Waals surface area contributed by atoms with Gasteiger partial charge in [0.05, 0.1) is 4.92 Å². The first-order valence-corrected chi connectivity index (χ1v) is 8.60. The second-order valence-electron chi connectivity index (χ2n) is 6.94. The molecule has 0 saturated carbocycles.